The van der Waals surface area contributed by atoms with Crippen LogP contribution in [0.15, 0.2) is 30.6 Å². The minimum Gasteiger partial charge on any atom is -0.455 e. The second-order valence-electron chi connectivity index (χ2n) is 5.83. The summed E-state index contributed by atoms with van der Waals surface area (Å²) in [5.74, 6) is 2.54. The molecule has 1 unspecified atom stereocenters. The van der Waals surface area contributed by atoms with Crippen molar-refractivity contribution < 1.29 is 4.74 Å². The molecule has 0 radical (unpaired) electrons. The quantitative estimate of drug-likeness (QED) is 0.722. The fourth-order valence-electron chi connectivity index (χ4n) is 2.65. The molecule has 0 aliphatic carbocycles. The van der Waals surface area contributed by atoms with Gasteiger partial charge in [-0.1, -0.05) is 13.3 Å². The van der Waals surface area contributed by atoms with Crippen LogP contribution in [0.2, 0.25) is 0 Å². The average molecular weight is 326 g/mol. The van der Waals surface area contributed by atoms with Gasteiger partial charge in [-0.15, -0.1) is 0 Å². The normalized spacial score (nSPS) is 12.3. The van der Waals surface area contributed by atoms with Crippen LogP contribution in [0.25, 0.3) is 11.0 Å². The van der Waals surface area contributed by atoms with Crippen LogP contribution in [0.5, 0.6) is 11.5 Å². The van der Waals surface area contributed by atoms with Gasteiger partial charge < -0.3 is 15.8 Å². The van der Waals surface area contributed by atoms with Gasteiger partial charge in [-0.05, 0) is 25.5 Å². The van der Waals surface area contributed by atoms with Gasteiger partial charge in [0, 0.05) is 25.4 Å². The van der Waals surface area contributed by atoms with Crippen molar-refractivity contribution in [3.63, 3.8) is 0 Å². The van der Waals surface area contributed by atoms with Gasteiger partial charge in [0.05, 0.1) is 6.20 Å². The highest BCUT2D eigenvalue weighted by molar-refractivity contribution is 5.93. The lowest BCUT2D eigenvalue weighted by molar-refractivity contribution is 0.485. The zero-order valence-electron chi connectivity index (χ0n) is 14.2. The first-order valence-electron chi connectivity index (χ1n) is 8.06. The number of pyridine rings is 2. The number of hydrogen-bond acceptors (Lipinski definition) is 6. The molecule has 126 valence electrons. The van der Waals surface area contributed by atoms with Gasteiger partial charge in [-0.3, -0.25) is 0 Å². The fraction of sp³-hybridized carbons (Fsp3) is 0.353. The molecule has 0 aliphatic rings. The van der Waals surface area contributed by atoms with E-state index in [1.165, 1.54) is 0 Å². The maximum absolute atomic E-state index is 5.99. The molecule has 0 saturated carbocycles. The molecule has 0 aliphatic heterocycles. The number of hydrogen-bond donors (Lipinski definition) is 2. The maximum atomic E-state index is 5.99. The Labute approximate surface area is 140 Å². The molecular weight excluding hydrogens is 304 g/mol. The van der Waals surface area contributed by atoms with Crippen LogP contribution in [0.1, 0.15) is 26.7 Å². The van der Waals surface area contributed by atoms with Crippen molar-refractivity contribution in [2.45, 2.75) is 32.7 Å². The van der Waals surface area contributed by atoms with Gasteiger partial charge >= 0.3 is 0 Å². The number of aryl methyl sites for hydroxylation is 1. The van der Waals surface area contributed by atoms with E-state index in [-0.39, 0.29) is 0 Å². The minimum atomic E-state index is 0.319. The zero-order chi connectivity index (χ0) is 17.1. The average Bonchev–Trinajstić information content (AvgIpc) is 2.87. The van der Waals surface area contributed by atoms with E-state index < -0.39 is 0 Å². The summed E-state index contributed by atoms with van der Waals surface area (Å²) in [6, 6.07) is 5.65. The van der Waals surface area contributed by atoms with Crippen LogP contribution in [-0.2, 0) is 7.05 Å². The number of rotatable bonds is 6. The number of nitrogens with zero attached hydrogens (tertiary/aromatic N) is 4. The Balaban J connectivity index is 1.99. The highest BCUT2D eigenvalue weighted by Gasteiger charge is 2.17. The summed E-state index contributed by atoms with van der Waals surface area (Å²) < 4.78 is 7.75. The molecule has 7 nitrogen and oxygen atoms in total. The smallest absolute Gasteiger partial charge is 0.163 e. The number of aromatic nitrogens is 4. The van der Waals surface area contributed by atoms with E-state index in [1.54, 1.807) is 29.2 Å². The van der Waals surface area contributed by atoms with Crippen LogP contribution in [-0.4, -0.2) is 25.8 Å². The third kappa shape index (κ3) is 3.24. The van der Waals surface area contributed by atoms with Crippen LogP contribution < -0.4 is 15.8 Å². The van der Waals surface area contributed by atoms with E-state index >= 15 is 0 Å². The summed E-state index contributed by atoms with van der Waals surface area (Å²) in [6.45, 7) is 4.31. The Kier molecular flexibility index (Phi) is 4.50. The summed E-state index contributed by atoms with van der Waals surface area (Å²) in [5, 5.41) is 8.87. The molecule has 0 amide bonds. The monoisotopic (exact) mass is 326 g/mol. The Morgan fingerprint density at radius 2 is 2.12 bits per heavy atom. The molecule has 3 aromatic heterocycles. The molecule has 3 N–H and O–H groups in total. The molecule has 0 spiro atoms. The number of nitrogens with one attached hydrogen (secondary N) is 1. The van der Waals surface area contributed by atoms with Crippen molar-refractivity contribution in [1.29, 1.82) is 0 Å². The van der Waals surface area contributed by atoms with E-state index in [0.29, 0.717) is 23.4 Å². The molecule has 7 heteroatoms. The Morgan fingerprint density at radius 1 is 1.29 bits per heavy atom. The lowest BCUT2D eigenvalue weighted by Crippen LogP contribution is -2.15. The van der Waals surface area contributed by atoms with E-state index in [9.17, 15) is 0 Å². The first-order chi connectivity index (χ1) is 11.6. The summed E-state index contributed by atoms with van der Waals surface area (Å²) in [6.07, 6.45) is 5.49. The second kappa shape index (κ2) is 6.74. The van der Waals surface area contributed by atoms with Crippen LogP contribution >= 0.6 is 0 Å². The molecule has 0 aromatic carbocycles. The zero-order valence-corrected chi connectivity index (χ0v) is 14.2. The highest BCUT2D eigenvalue weighted by Crippen LogP contribution is 2.34. The number of anilines is 2. The van der Waals surface area contributed by atoms with Crippen LogP contribution in [0.4, 0.5) is 11.6 Å². The topological polar surface area (TPSA) is 90.9 Å². The Bertz CT molecular complexity index is 827. The van der Waals surface area contributed by atoms with Gasteiger partial charge in [0.1, 0.15) is 22.7 Å². The predicted octanol–water partition coefficient (Wildman–Crippen LogP) is 3.34. The first kappa shape index (κ1) is 16.0. The van der Waals surface area contributed by atoms with Gasteiger partial charge in [0.15, 0.2) is 11.5 Å². The van der Waals surface area contributed by atoms with Crippen molar-refractivity contribution in [1.82, 2.24) is 19.7 Å². The SMILES string of the molecule is CCCC(C)Nc1nn(C)c2nccc(Oc3ccc(N)nc3)c12. The predicted molar refractivity (Wildman–Crippen MR) is 95.2 cm³/mol. The van der Waals surface area contributed by atoms with Crippen LogP contribution in [0, 0.1) is 0 Å². The first-order valence-corrected chi connectivity index (χ1v) is 8.06. The van der Waals surface area contributed by atoms with Crippen molar-refractivity contribution in [3.05, 3.63) is 30.6 Å². The lowest BCUT2D eigenvalue weighted by Gasteiger charge is -2.13. The molecule has 1 atom stereocenters. The molecule has 0 bridgehead atoms. The van der Waals surface area contributed by atoms with Crippen molar-refractivity contribution in [2.24, 2.45) is 7.05 Å². The Morgan fingerprint density at radius 3 is 2.83 bits per heavy atom. The van der Waals surface area contributed by atoms with Gasteiger partial charge in [-0.25, -0.2) is 14.6 Å². The summed E-state index contributed by atoms with van der Waals surface area (Å²) >= 11 is 0. The number of nitrogens with two attached hydrogens (primary N) is 1. The van der Waals surface area contributed by atoms with Crippen LogP contribution in [0.3, 0.4) is 0 Å². The third-order valence-electron chi connectivity index (χ3n) is 3.78. The van der Waals surface area contributed by atoms with Crippen molar-refractivity contribution in [2.75, 3.05) is 11.1 Å². The van der Waals surface area contributed by atoms with E-state index in [4.69, 9.17) is 10.5 Å². The summed E-state index contributed by atoms with van der Waals surface area (Å²) in [4.78, 5) is 8.47. The molecule has 0 fully saturated rings. The summed E-state index contributed by atoms with van der Waals surface area (Å²) in [7, 11) is 1.87. The minimum absolute atomic E-state index is 0.319. The van der Waals surface area contributed by atoms with E-state index in [2.05, 4.69) is 34.2 Å². The second-order valence-corrected chi connectivity index (χ2v) is 5.83. The Hall–Kier alpha value is -2.83. The molecular formula is C17H22N6O. The standard InChI is InChI=1S/C17H22N6O/c1-4-5-11(2)21-16-15-13(8-9-19-17(15)23(3)22-16)24-12-6-7-14(18)20-10-12/h6-11H,4-5H2,1-3H3,(H2,18,20)(H,21,22). The number of ether oxygens (including phenoxy) is 1. The highest BCUT2D eigenvalue weighted by atomic mass is 16.5. The lowest BCUT2D eigenvalue weighted by atomic mass is 10.2. The van der Waals surface area contributed by atoms with E-state index in [1.807, 2.05) is 13.1 Å². The van der Waals surface area contributed by atoms with Gasteiger partial charge in [0.2, 0.25) is 0 Å². The fourth-order valence-corrected chi connectivity index (χ4v) is 2.65. The van der Waals surface area contributed by atoms with E-state index in [0.717, 1.165) is 29.7 Å². The maximum Gasteiger partial charge on any atom is 0.163 e. The molecule has 3 heterocycles. The van der Waals surface area contributed by atoms with Gasteiger partial charge in [0.25, 0.3) is 0 Å². The number of fused-ring (bicyclic) bond motifs is 1. The molecule has 3 aromatic rings. The molecule has 24 heavy (non-hydrogen) atoms. The van der Waals surface area contributed by atoms with Crippen molar-refractivity contribution >= 4 is 22.7 Å². The molecule has 0 saturated heterocycles. The van der Waals surface area contributed by atoms with Gasteiger partial charge in [-0.2, -0.15) is 5.10 Å². The largest absolute Gasteiger partial charge is 0.455 e. The third-order valence-corrected chi connectivity index (χ3v) is 3.78. The number of nitrogen functional groups attached to an aromatic ring is 1. The summed E-state index contributed by atoms with van der Waals surface area (Å²) in [5.41, 5.74) is 6.39. The van der Waals surface area contributed by atoms with Crippen molar-refractivity contribution in [3.8, 4) is 11.5 Å². The molecule has 3 rings (SSSR count).